The van der Waals surface area contributed by atoms with Gasteiger partial charge in [-0.2, -0.15) is 0 Å². The monoisotopic (exact) mass is 372 g/mol. The van der Waals surface area contributed by atoms with Gasteiger partial charge in [0.05, 0.1) is 4.90 Å². The first-order valence-corrected chi connectivity index (χ1v) is 9.74. The summed E-state index contributed by atoms with van der Waals surface area (Å²) in [4.78, 5) is 11.9. The van der Waals surface area contributed by atoms with Crippen LogP contribution in [0.3, 0.4) is 0 Å². The van der Waals surface area contributed by atoms with E-state index in [2.05, 4.69) is 37.4 Å². The van der Waals surface area contributed by atoms with Crippen LogP contribution in [0.2, 0.25) is 0 Å². The first-order chi connectivity index (χ1) is 12.1. The van der Waals surface area contributed by atoms with Crippen LogP contribution in [0.5, 0.6) is 0 Å². The molecule has 2 N–H and O–H groups in total. The molecule has 0 spiro atoms. The number of carbonyl (C=O) groups is 1. The SMILES string of the molecule is C=CCNC(=O)c1ccc(S(=O)(=O)Nc2ccc(C(C)(C)C)cc2)cc1. The van der Waals surface area contributed by atoms with Gasteiger partial charge in [0.15, 0.2) is 0 Å². The molecule has 0 aromatic heterocycles. The molecule has 0 aliphatic rings. The summed E-state index contributed by atoms with van der Waals surface area (Å²) in [7, 11) is -3.72. The lowest BCUT2D eigenvalue weighted by Gasteiger charge is -2.19. The van der Waals surface area contributed by atoms with Gasteiger partial charge in [0.1, 0.15) is 0 Å². The highest BCUT2D eigenvalue weighted by Gasteiger charge is 2.17. The highest BCUT2D eigenvalue weighted by molar-refractivity contribution is 7.92. The maximum absolute atomic E-state index is 12.5. The number of benzene rings is 2. The van der Waals surface area contributed by atoms with E-state index in [0.29, 0.717) is 17.8 Å². The van der Waals surface area contributed by atoms with Crippen molar-refractivity contribution in [2.75, 3.05) is 11.3 Å². The van der Waals surface area contributed by atoms with E-state index in [1.165, 1.54) is 24.3 Å². The number of amides is 1. The zero-order valence-corrected chi connectivity index (χ0v) is 16.1. The lowest BCUT2D eigenvalue weighted by Crippen LogP contribution is -2.23. The topological polar surface area (TPSA) is 75.3 Å². The van der Waals surface area contributed by atoms with Gasteiger partial charge in [-0.25, -0.2) is 8.42 Å². The molecule has 0 radical (unpaired) electrons. The van der Waals surface area contributed by atoms with E-state index < -0.39 is 10.0 Å². The molecule has 5 nitrogen and oxygen atoms in total. The van der Waals surface area contributed by atoms with Gasteiger partial charge < -0.3 is 5.32 Å². The number of nitrogens with one attached hydrogen (secondary N) is 2. The number of hydrogen-bond donors (Lipinski definition) is 2. The lowest BCUT2D eigenvalue weighted by atomic mass is 9.87. The normalized spacial score (nSPS) is 11.7. The Kier molecular flexibility index (Phi) is 5.87. The summed E-state index contributed by atoms with van der Waals surface area (Å²) in [5, 5.41) is 2.64. The smallest absolute Gasteiger partial charge is 0.261 e. The van der Waals surface area contributed by atoms with Crippen LogP contribution in [0.1, 0.15) is 36.7 Å². The molecule has 2 rings (SSSR count). The Morgan fingerprint density at radius 2 is 1.62 bits per heavy atom. The molecule has 0 saturated carbocycles. The Hall–Kier alpha value is -2.60. The lowest BCUT2D eigenvalue weighted by molar-refractivity contribution is 0.0958. The molecule has 2 aromatic carbocycles. The minimum atomic E-state index is -3.72. The zero-order chi connectivity index (χ0) is 19.4. The van der Waals surface area contributed by atoms with Crippen molar-refractivity contribution in [1.82, 2.24) is 5.32 Å². The second kappa shape index (κ2) is 7.74. The standard InChI is InChI=1S/C20H24N2O3S/c1-5-14-21-19(23)15-6-12-18(13-7-15)26(24,25)22-17-10-8-16(9-11-17)20(2,3)4/h5-13,22H,1,14H2,2-4H3,(H,21,23). The van der Waals surface area contributed by atoms with Gasteiger partial charge in [-0.15, -0.1) is 6.58 Å². The van der Waals surface area contributed by atoms with Gasteiger partial charge in [-0.05, 0) is 47.4 Å². The van der Waals surface area contributed by atoms with E-state index in [9.17, 15) is 13.2 Å². The molecule has 1 amide bonds. The molecule has 0 aliphatic carbocycles. The second-order valence-corrected chi connectivity index (χ2v) is 8.64. The van der Waals surface area contributed by atoms with Gasteiger partial charge >= 0.3 is 0 Å². The van der Waals surface area contributed by atoms with E-state index >= 15 is 0 Å². The number of rotatable bonds is 6. The molecule has 138 valence electrons. The maximum atomic E-state index is 12.5. The number of sulfonamides is 1. The molecule has 0 atom stereocenters. The predicted molar refractivity (Wildman–Crippen MR) is 105 cm³/mol. The van der Waals surface area contributed by atoms with Crippen LogP contribution in [0.15, 0.2) is 66.1 Å². The fourth-order valence-electron chi connectivity index (χ4n) is 2.30. The van der Waals surface area contributed by atoms with Crippen LogP contribution in [0, 0.1) is 0 Å². The fourth-order valence-corrected chi connectivity index (χ4v) is 3.36. The predicted octanol–water partition coefficient (Wildman–Crippen LogP) is 3.70. The molecule has 26 heavy (non-hydrogen) atoms. The van der Waals surface area contributed by atoms with Crippen LogP contribution in [-0.2, 0) is 15.4 Å². The molecule has 0 saturated heterocycles. The van der Waals surface area contributed by atoms with Crippen molar-refractivity contribution in [3.63, 3.8) is 0 Å². The van der Waals surface area contributed by atoms with Crippen LogP contribution in [0.4, 0.5) is 5.69 Å². The average Bonchev–Trinajstić information content (AvgIpc) is 2.59. The Bertz CT molecular complexity index is 878. The third-order valence-corrected chi connectivity index (χ3v) is 5.23. The first kappa shape index (κ1) is 19.7. The van der Waals surface area contributed by atoms with Crippen molar-refractivity contribution in [3.05, 3.63) is 72.3 Å². The van der Waals surface area contributed by atoms with Crippen molar-refractivity contribution in [2.45, 2.75) is 31.1 Å². The summed E-state index contributed by atoms with van der Waals surface area (Å²) in [5.41, 5.74) is 2.00. The van der Waals surface area contributed by atoms with Crippen molar-refractivity contribution in [2.24, 2.45) is 0 Å². The number of anilines is 1. The van der Waals surface area contributed by atoms with Gasteiger partial charge in [0.25, 0.3) is 15.9 Å². The molecule has 6 heteroatoms. The van der Waals surface area contributed by atoms with E-state index in [1.807, 2.05) is 12.1 Å². The molecule has 0 fully saturated rings. The zero-order valence-electron chi connectivity index (χ0n) is 15.2. The third kappa shape index (κ3) is 4.95. The number of carbonyl (C=O) groups excluding carboxylic acids is 1. The minimum Gasteiger partial charge on any atom is -0.349 e. The summed E-state index contributed by atoms with van der Waals surface area (Å²) in [6, 6.07) is 13.1. The van der Waals surface area contributed by atoms with Gasteiger partial charge in [0, 0.05) is 17.8 Å². The Balaban J connectivity index is 2.14. The second-order valence-electron chi connectivity index (χ2n) is 6.96. The molecule has 2 aromatic rings. The summed E-state index contributed by atoms with van der Waals surface area (Å²) in [5.74, 6) is -0.278. The quantitative estimate of drug-likeness (QED) is 0.759. The van der Waals surface area contributed by atoms with Crippen molar-refractivity contribution >= 4 is 21.6 Å². The average molecular weight is 372 g/mol. The Morgan fingerprint density at radius 1 is 1.04 bits per heavy atom. The van der Waals surface area contributed by atoms with Gasteiger partial charge in [-0.1, -0.05) is 39.0 Å². The van der Waals surface area contributed by atoms with Crippen molar-refractivity contribution in [3.8, 4) is 0 Å². The van der Waals surface area contributed by atoms with Crippen LogP contribution >= 0.6 is 0 Å². The molecule has 0 unspecified atom stereocenters. The highest BCUT2D eigenvalue weighted by Crippen LogP contribution is 2.24. The Morgan fingerprint density at radius 3 is 2.12 bits per heavy atom. The van der Waals surface area contributed by atoms with Crippen molar-refractivity contribution < 1.29 is 13.2 Å². The van der Waals surface area contributed by atoms with Crippen LogP contribution in [-0.4, -0.2) is 20.9 Å². The minimum absolute atomic E-state index is 0.000588. The molecule has 0 aliphatic heterocycles. The van der Waals surface area contributed by atoms with Crippen LogP contribution < -0.4 is 10.0 Å². The molecular weight excluding hydrogens is 348 g/mol. The van der Waals surface area contributed by atoms with Crippen molar-refractivity contribution in [1.29, 1.82) is 0 Å². The third-order valence-electron chi connectivity index (χ3n) is 3.84. The Labute approximate surface area is 155 Å². The van der Waals surface area contributed by atoms with E-state index in [4.69, 9.17) is 0 Å². The van der Waals surface area contributed by atoms with Crippen LogP contribution in [0.25, 0.3) is 0 Å². The summed E-state index contributed by atoms with van der Waals surface area (Å²) < 4.78 is 27.6. The molecule has 0 bridgehead atoms. The summed E-state index contributed by atoms with van der Waals surface area (Å²) in [6.45, 7) is 10.2. The largest absolute Gasteiger partial charge is 0.349 e. The fraction of sp³-hybridized carbons (Fsp3) is 0.250. The summed E-state index contributed by atoms with van der Waals surface area (Å²) >= 11 is 0. The van der Waals surface area contributed by atoms with Gasteiger partial charge in [0.2, 0.25) is 0 Å². The maximum Gasteiger partial charge on any atom is 0.261 e. The van der Waals surface area contributed by atoms with E-state index in [1.54, 1.807) is 18.2 Å². The molecule has 0 heterocycles. The molecular formula is C20H24N2O3S. The number of hydrogen-bond acceptors (Lipinski definition) is 3. The van der Waals surface area contributed by atoms with E-state index in [0.717, 1.165) is 5.56 Å². The van der Waals surface area contributed by atoms with E-state index in [-0.39, 0.29) is 16.2 Å². The highest BCUT2D eigenvalue weighted by atomic mass is 32.2. The van der Waals surface area contributed by atoms with Gasteiger partial charge in [-0.3, -0.25) is 9.52 Å². The first-order valence-electron chi connectivity index (χ1n) is 8.26. The summed E-state index contributed by atoms with van der Waals surface area (Å²) in [6.07, 6.45) is 1.57.